The van der Waals surface area contributed by atoms with Crippen molar-refractivity contribution in [3.63, 3.8) is 0 Å². The number of nitrogens with zero attached hydrogens (tertiary/aromatic N) is 1. The second-order valence-corrected chi connectivity index (χ2v) is 4.88. The molecule has 0 saturated heterocycles. The lowest BCUT2D eigenvalue weighted by atomic mass is 10.1. The quantitative estimate of drug-likeness (QED) is 0.666. The average molecular weight is 278 g/mol. The molecule has 100 valence electrons. The summed E-state index contributed by atoms with van der Waals surface area (Å²) in [5, 5.41) is 18.1. The first-order valence-corrected chi connectivity index (χ1v) is 6.66. The van der Waals surface area contributed by atoms with E-state index >= 15 is 0 Å². The van der Waals surface area contributed by atoms with E-state index in [0.29, 0.717) is 11.4 Å². The summed E-state index contributed by atoms with van der Waals surface area (Å²) < 4.78 is 5.08. The number of anilines is 1. The summed E-state index contributed by atoms with van der Waals surface area (Å²) in [6.07, 6.45) is 0. The van der Waals surface area contributed by atoms with E-state index in [1.807, 2.05) is 23.8 Å². The summed E-state index contributed by atoms with van der Waals surface area (Å²) in [7, 11) is 1.49. The maximum Gasteiger partial charge on any atom is 0.275 e. The summed E-state index contributed by atoms with van der Waals surface area (Å²) in [6.45, 7) is 2.01. The number of benzene rings is 1. The molecule has 0 amide bonds. The molecule has 1 unspecified atom stereocenters. The molecule has 0 saturated carbocycles. The molecule has 5 nitrogen and oxygen atoms in total. The van der Waals surface area contributed by atoms with Gasteiger partial charge < -0.3 is 10.1 Å². The van der Waals surface area contributed by atoms with Crippen molar-refractivity contribution in [1.29, 1.82) is 0 Å². The van der Waals surface area contributed by atoms with Crippen molar-refractivity contribution in [3.05, 3.63) is 50.7 Å². The Bertz CT molecular complexity index is 569. The Labute approximate surface area is 115 Å². The van der Waals surface area contributed by atoms with Crippen LogP contribution in [0.25, 0.3) is 0 Å². The average Bonchev–Trinajstić information content (AvgIpc) is 2.92. The minimum Gasteiger partial charge on any atom is -0.496 e. The molecule has 0 aliphatic rings. The van der Waals surface area contributed by atoms with Gasteiger partial charge in [-0.2, -0.15) is 11.3 Å². The summed E-state index contributed by atoms with van der Waals surface area (Å²) in [5.74, 6) is 0.467. The lowest BCUT2D eigenvalue weighted by Gasteiger charge is -2.14. The molecule has 1 aromatic carbocycles. The third-order valence-corrected chi connectivity index (χ3v) is 3.47. The standard InChI is InChI=1S/C13H14N2O3S/c1-9(10-3-4-19-8-10)14-11-5-12(15(16)17)7-13(6-11)18-2/h3-9,14H,1-2H3. The number of rotatable bonds is 5. The molecule has 19 heavy (non-hydrogen) atoms. The van der Waals surface area contributed by atoms with Crippen molar-refractivity contribution in [2.75, 3.05) is 12.4 Å². The number of nitrogens with one attached hydrogen (secondary N) is 1. The van der Waals surface area contributed by atoms with Crippen molar-refractivity contribution < 1.29 is 9.66 Å². The van der Waals surface area contributed by atoms with Gasteiger partial charge in [0, 0.05) is 23.9 Å². The van der Waals surface area contributed by atoms with E-state index in [-0.39, 0.29) is 11.7 Å². The van der Waals surface area contributed by atoms with E-state index < -0.39 is 4.92 Å². The smallest absolute Gasteiger partial charge is 0.275 e. The molecular weight excluding hydrogens is 264 g/mol. The second-order valence-electron chi connectivity index (χ2n) is 4.10. The van der Waals surface area contributed by atoms with Crippen LogP contribution in [0.2, 0.25) is 0 Å². The van der Waals surface area contributed by atoms with Crippen LogP contribution in [0.3, 0.4) is 0 Å². The van der Waals surface area contributed by atoms with E-state index in [9.17, 15) is 10.1 Å². The summed E-state index contributed by atoms with van der Waals surface area (Å²) in [6, 6.07) is 6.76. The van der Waals surface area contributed by atoms with E-state index in [2.05, 4.69) is 5.32 Å². The van der Waals surface area contributed by atoms with Gasteiger partial charge in [0.15, 0.2) is 0 Å². The Morgan fingerprint density at radius 2 is 2.21 bits per heavy atom. The molecule has 2 aromatic rings. The molecular formula is C13H14N2O3S. The first-order chi connectivity index (χ1) is 9.10. The minimum absolute atomic E-state index is 0.0133. The van der Waals surface area contributed by atoms with Gasteiger partial charge in [-0.3, -0.25) is 10.1 Å². The number of ether oxygens (including phenoxy) is 1. The van der Waals surface area contributed by atoms with Crippen LogP contribution in [0.4, 0.5) is 11.4 Å². The van der Waals surface area contributed by atoms with Crippen LogP contribution < -0.4 is 10.1 Å². The first kappa shape index (κ1) is 13.4. The predicted molar refractivity (Wildman–Crippen MR) is 76.0 cm³/mol. The van der Waals surface area contributed by atoms with Crippen molar-refractivity contribution >= 4 is 22.7 Å². The zero-order valence-corrected chi connectivity index (χ0v) is 11.4. The van der Waals surface area contributed by atoms with Crippen LogP contribution in [0.1, 0.15) is 18.5 Å². The Kier molecular flexibility index (Phi) is 4.01. The molecule has 0 aliphatic heterocycles. The van der Waals surface area contributed by atoms with E-state index in [1.165, 1.54) is 19.2 Å². The lowest BCUT2D eigenvalue weighted by molar-refractivity contribution is -0.384. The lowest BCUT2D eigenvalue weighted by Crippen LogP contribution is -2.06. The number of nitro benzene ring substituents is 1. The van der Waals surface area contributed by atoms with Gasteiger partial charge in [-0.15, -0.1) is 0 Å². The fourth-order valence-electron chi connectivity index (χ4n) is 1.74. The summed E-state index contributed by atoms with van der Waals surface area (Å²) >= 11 is 1.62. The molecule has 0 spiro atoms. The maximum absolute atomic E-state index is 10.9. The van der Waals surface area contributed by atoms with Crippen LogP contribution in [-0.4, -0.2) is 12.0 Å². The Hall–Kier alpha value is -2.08. The van der Waals surface area contributed by atoms with Crippen molar-refractivity contribution in [2.24, 2.45) is 0 Å². The SMILES string of the molecule is COc1cc(NC(C)c2ccsc2)cc([N+](=O)[O-])c1. The third-order valence-electron chi connectivity index (χ3n) is 2.76. The highest BCUT2D eigenvalue weighted by atomic mass is 32.1. The van der Waals surface area contributed by atoms with Gasteiger partial charge in [0.2, 0.25) is 0 Å². The Morgan fingerprint density at radius 1 is 1.42 bits per heavy atom. The normalized spacial score (nSPS) is 11.9. The van der Waals surface area contributed by atoms with Crippen LogP contribution in [0.5, 0.6) is 5.75 Å². The number of methoxy groups -OCH3 is 1. The monoisotopic (exact) mass is 278 g/mol. The molecule has 1 heterocycles. The van der Waals surface area contributed by atoms with Crippen molar-refractivity contribution in [1.82, 2.24) is 0 Å². The fraction of sp³-hybridized carbons (Fsp3) is 0.231. The van der Waals surface area contributed by atoms with Gasteiger partial charge in [0.05, 0.1) is 18.1 Å². The molecule has 0 aliphatic carbocycles. The highest BCUT2D eigenvalue weighted by Crippen LogP contribution is 2.28. The van der Waals surface area contributed by atoms with Crippen LogP contribution in [-0.2, 0) is 0 Å². The van der Waals surface area contributed by atoms with Crippen LogP contribution in [0.15, 0.2) is 35.0 Å². The Morgan fingerprint density at radius 3 is 2.79 bits per heavy atom. The van der Waals surface area contributed by atoms with Gasteiger partial charge in [0.25, 0.3) is 5.69 Å². The van der Waals surface area contributed by atoms with E-state index in [0.717, 1.165) is 5.56 Å². The minimum atomic E-state index is -0.428. The number of non-ortho nitro benzene ring substituents is 1. The molecule has 0 radical (unpaired) electrons. The molecule has 1 atom stereocenters. The number of hydrogen-bond acceptors (Lipinski definition) is 5. The number of nitro groups is 1. The van der Waals surface area contributed by atoms with Crippen molar-refractivity contribution in [3.8, 4) is 5.75 Å². The number of thiophene rings is 1. The third kappa shape index (κ3) is 3.23. The molecule has 1 N–H and O–H groups in total. The van der Waals surface area contributed by atoms with Gasteiger partial charge in [-0.1, -0.05) is 0 Å². The molecule has 0 fully saturated rings. The van der Waals surface area contributed by atoms with E-state index in [4.69, 9.17) is 4.74 Å². The second kappa shape index (κ2) is 5.71. The molecule has 0 bridgehead atoms. The van der Waals surface area contributed by atoms with Gasteiger partial charge in [-0.05, 0) is 29.3 Å². The Balaban J connectivity index is 2.24. The zero-order valence-electron chi connectivity index (χ0n) is 10.6. The molecule has 1 aromatic heterocycles. The predicted octanol–water partition coefficient (Wildman–Crippen LogP) is 3.84. The largest absolute Gasteiger partial charge is 0.496 e. The molecule has 2 rings (SSSR count). The van der Waals surface area contributed by atoms with Gasteiger partial charge in [0.1, 0.15) is 5.75 Å². The van der Waals surface area contributed by atoms with Crippen LogP contribution >= 0.6 is 11.3 Å². The van der Waals surface area contributed by atoms with E-state index in [1.54, 1.807) is 17.4 Å². The highest BCUT2D eigenvalue weighted by Gasteiger charge is 2.12. The number of hydrogen-bond donors (Lipinski definition) is 1. The van der Waals surface area contributed by atoms with Crippen molar-refractivity contribution in [2.45, 2.75) is 13.0 Å². The highest BCUT2D eigenvalue weighted by molar-refractivity contribution is 7.07. The first-order valence-electron chi connectivity index (χ1n) is 5.72. The summed E-state index contributed by atoms with van der Waals surface area (Å²) in [4.78, 5) is 10.4. The maximum atomic E-state index is 10.9. The zero-order chi connectivity index (χ0) is 13.8. The van der Waals surface area contributed by atoms with Gasteiger partial charge in [-0.25, -0.2) is 0 Å². The molecule has 6 heteroatoms. The van der Waals surface area contributed by atoms with Crippen LogP contribution in [0, 0.1) is 10.1 Å². The summed E-state index contributed by atoms with van der Waals surface area (Å²) in [5.41, 5.74) is 1.83. The fourth-order valence-corrected chi connectivity index (χ4v) is 2.50. The topological polar surface area (TPSA) is 64.4 Å². The van der Waals surface area contributed by atoms with Gasteiger partial charge >= 0.3 is 0 Å².